The smallest absolute Gasteiger partial charge is 0.343 e. The molecule has 1 aliphatic rings. The first-order valence-electron chi connectivity index (χ1n) is 21.4. The van der Waals surface area contributed by atoms with Crippen molar-refractivity contribution in [2.75, 3.05) is 26.4 Å². The van der Waals surface area contributed by atoms with Gasteiger partial charge in [-0.3, -0.25) is 0 Å². The van der Waals surface area contributed by atoms with E-state index in [1.165, 1.54) is 0 Å². The molecule has 1 aliphatic heterocycles. The molecule has 0 radical (unpaired) electrons. The Morgan fingerprint density at radius 1 is 0.571 bits per heavy atom. The second kappa shape index (κ2) is 21.7. The van der Waals surface area contributed by atoms with Gasteiger partial charge in [0.1, 0.15) is 28.7 Å². The summed E-state index contributed by atoms with van der Waals surface area (Å²) in [5.74, 6) is 0.577. The van der Waals surface area contributed by atoms with Crippen molar-refractivity contribution in [2.24, 2.45) is 0 Å². The van der Waals surface area contributed by atoms with E-state index in [4.69, 9.17) is 33.2 Å². The Morgan fingerprint density at radius 2 is 1.08 bits per heavy atom. The molecular weight excluding hydrogens is 801 g/mol. The van der Waals surface area contributed by atoms with Gasteiger partial charge < -0.3 is 33.2 Å². The lowest BCUT2D eigenvalue weighted by atomic mass is 10.1. The molecule has 0 saturated carbocycles. The summed E-state index contributed by atoms with van der Waals surface area (Å²) in [6.45, 7) is 7.79. The third-order valence-electron chi connectivity index (χ3n) is 10.4. The number of epoxide rings is 1. The predicted molar refractivity (Wildman–Crippen MR) is 239 cm³/mol. The highest BCUT2D eigenvalue weighted by molar-refractivity contribution is 5.98. The normalized spacial score (nSPS) is 12.9. The van der Waals surface area contributed by atoms with Gasteiger partial charge in [0.25, 0.3) is 0 Å². The van der Waals surface area contributed by atoms with Crippen LogP contribution in [0.3, 0.4) is 0 Å². The van der Waals surface area contributed by atoms with Gasteiger partial charge in [-0.25, -0.2) is 19.2 Å². The van der Waals surface area contributed by atoms with Crippen LogP contribution in [0.4, 0.5) is 0 Å². The van der Waals surface area contributed by atoms with E-state index in [9.17, 15) is 19.2 Å². The van der Waals surface area contributed by atoms with Crippen LogP contribution >= 0.6 is 0 Å². The number of fused-ring (bicyclic) bond motifs is 2. The summed E-state index contributed by atoms with van der Waals surface area (Å²) in [6, 6.07) is 33.3. The Morgan fingerprint density at radius 3 is 1.75 bits per heavy atom. The van der Waals surface area contributed by atoms with Gasteiger partial charge in [-0.05, 0) is 163 Å². The van der Waals surface area contributed by atoms with Gasteiger partial charge in [-0.15, -0.1) is 0 Å². The van der Waals surface area contributed by atoms with Crippen LogP contribution in [0.5, 0.6) is 28.7 Å². The molecule has 0 aliphatic carbocycles. The quantitative estimate of drug-likeness (QED) is 0.0212. The van der Waals surface area contributed by atoms with E-state index in [0.29, 0.717) is 72.0 Å². The molecule has 7 rings (SSSR count). The highest BCUT2D eigenvalue weighted by Gasteiger charge is 2.21. The van der Waals surface area contributed by atoms with E-state index in [1.54, 1.807) is 91.0 Å². The first-order valence-corrected chi connectivity index (χ1v) is 21.4. The number of carbonyl (C=O) groups is 4. The topological polar surface area (TPSA) is 136 Å². The van der Waals surface area contributed by atoms with Gasteiger partial charge in [0.05, 0.1) is 49.2 Å². The molecule has 0 spiro atoms. The predicted octanol–water partition coefficient (Wildman–Crippen LogP) is 10.8. The van der Waals surface area contributed by atoms with Crippen molar-refractivity contribution in [2.45, 2.75) is 64.4 Å². The SMILES string of the molecule is C=CC(=O)OCCCCCCOc1ccc2cc(C(=O)Oc3ccc(OC(=O)c4ccc5cc(OC(=O)c6ccc(OCCCC7CO7)cc6)ccc5c4)c(CCC)c3)ccc2c1. The van der Waals surface area contributed by atoms with Gasteiger partial charge in [0, 0.05) is 6.08 Å². The summed E-state index contributed by atoms with van der Waals surface area (Å²) >= 11 is 0. The van der Waals surface area contributed by atoms with Crippen LogP contribution in [-0.4, -0.2) is 56.4 Å². The van der Waals surface area contributed by atoms with Crippen molar-refractivity contribution in [3.05, 3.63) is 150 Å². The molecule has 1 heterocycles. The van der Waals surface area contributed by atoms with Crippen molar-refractivity contribution in [1.82, 2.24) is 0 Å². The fourth-order valence-electron chi connectivity index (χ4n) is 6.93. The minimum Gasteiger partial charge on any atom is -0.494 e. The number of carbonyl (C=O) groups excluding carboxylic acids is 4. The van der Waals surface area contributed by atoms with Crippen molar-refractivity contribution in [3.8, 4) is 28.7 Å². The van der Waals surface area contributed by atoms with E-state index in [0.717, 1.165) is 90.5 Å². The van der Waals surface area contributed by atoms with Crippen molar-refractivity contribution in [3.63, 3.8) is 0 Å². The largest absolute Gasteiger partial charge is 0.494 e. The monoisotopic (exact) mass is 850 g/mol. The summed E-state index contributed by atoms with van der Waals surface area (Å²) in [7, 11) is 0. The molecule has 1 atom stereocenters. The van der Waals surface area contributed by atoms with E-state index in [-0.39, 0.29) is 0 Å². The lowest BCUT2D eigenvalue weighted by Gasteiger charge is -2.13. The van der Waals surface area contributed by atoms with Gasteiger partial charge in [0.15, 0.2) is 0 Å². The first-order chi connectivity index (χ1) is 30.7. The zero-order valence-corrected chi connectivity index (χ0v) is 35.3. The third kappa shape index (κ3) is 12.8. The number of hydrogen-bond acceptors (Lipinski definition) is 11. The molecule has 0 bridgehead atoms. The number of esters is 4. The molecule has 324 valence electrons. The molecule has 0 aromatic heterocycles. The maximum absolute atomic E-state index is 13.4. The molecule has 6 aromatic rings. The standard InChI is InChI=1S/C52H50O11/c1-3-10-40-33-46(62-51(55)41-14-12-38-31-44(22-18-36(38)29-41)58-26-7-5-6-8-27-59-49(53)4-2)24-25-48(40)63-52(56)42-15-13-39-32-45(23-19-37(39)30-42)61-50(54)35-16-20-43(21-17-35)57-28-9-11-47-34-60-47/h4,12-25,29-33,47H,2-3,5-11,26-28,34H2,1H3. The Bertz CT molecular complexity index is 2570. The number of rotatable bonds is 22. The fraction of sp³-hybridized carbons (Fsp3) is 0.269. The maximum atomic E-state index is 13.4. The molecule has 0 N–H and O–H groups in total. The summed E-state index contributed by atoms with van der Waals surface area (Å²) in [4.78, 5) is 50.7. The van der Waals surface area contributed by atoms with E-state index in [2.05, 4.69) is 6.58 Å². The molecule has 6 aromatic carbocycles. The zero-order chi connectivity index (χ0) is 44.0. The minimum absolute atomic E-state index is 0.337. The average Bonchev–Trinajstić information content (AvgIpc) is 4.14. The van der Waals surface area contributed by atoms with E-state index >= 15 is 0 Å². The van der Waals surface area contributed by atoms with Crippen LogP contribution in [0.15, 0.2) is 128 Å². The van der Waals surface area contributed by atoms with E-state index < -0.39 is 23.9 Å². The van der Waals surface area contributed by atoms with Crippen LogP contribution in [0.2, 0.25) is 0 Å². The summed E-state index contributed by atoms with van der Waals surface area (Å²) in [5.41, 5.74) is 1.87. The summed E-state index contributed by atoms with van der Waals surface area (Å²) in [6.07, 6.45) is 8.37. The average molecular weight is 851 g/mol. The van der Waals surface area contributed by atoms with Crippen molar-refractivity contribution < 1.29 is 52.3 Å². The lowest BCUT2D eigenvalue weighted by molar-refractivity contribution is -0.137. The van der Waals surface area contributed by atoms with Crippen LogP contribution in [0.1, 0.15) is 88.5 Å². The van der Waals surface area contributed by atoms with Gasteiger partial charge in [-0.1, -0.05) is 44.2 Å². The highest BCUT2D eigenvalue weighted by atomic mass is 16.6. The fourth-order valence-corrected chi connectivity index (χ4v) is 6.93. The highest BCUT2D eigenvalue weighted by Crippen LogP contribution is 2.30. The first kappa shape index (κ1) is 44.1. The van der Waals surface area contributed by atoms with Crippen LogP contribution < -0.4 is 23.7 Å². The van der Waals surface area contributed by atoms with Crippen LogP contribution in [-0.2, 0) is 20.7 Å². The van der Waals surface area contributed by atoms with Crippen molar-refractivity contribution in [1.29, 1.82) is 0 Å². The van der Waals surface area contributed by atoms with Gasteiger partial charge in [0.2, 0.25) is 0 Å². The number of hydrogen-bond donors (Lipinski definition) is 0. The number of aryl methyl sites for hydroxylation is 1. The van der Waals surface area contributed by atoms with Gasteiger partial charge in [-0.2, -0.15) is 0 Å². The Hall–Kier alpha value is -6.98. The number of unbranched alkanes of at least 4 members (excludes halogenated alkanes) is 3. The second-order valence-electron chi connectivity index (χ2n) is 15.2. The maximum Gasteiger partial charge on any atom is 0.343 e. The Kier molecular flexibility index (Phi) is 15.2. The molecule has 1 fully saturated rings. The molecule has 11 heteroatoms. The zero-order valence-electron chi connectivity index (χ0n) is 35.3. The summed E-state index contributed by atoms with van der Waals surface area (Å²) < 4.78 is 39.2. The van der Waals surface area contributed by atoms with Crippen LogP contribution in [0.25, 0.3) is 21.5 Å². The number of ether oxygens (including phenoxy) is 7. The van der Waals surface area contributed by atoms with Gasteiger partial charge >= 0.3 is 23.9 Å². The molecule has 11 nitrogen and oxygen atoms in total. The number of benzene rings is 6. The summed E-state index contributed by atoms with van der Waals surface area (Å²) in [5, 5.41) is 3.34. The second-order valence-corrected chi connectivity index (χ2v) is 15.2. The van der Waals surface area contributed by atoms with Crippen LogP contribution in [0, 0.1) is 0 Å². The Labute approximate surface area is 366 Å². The Balaban J connectivity index is 0.901. The lowest BCUT2D eigenvalue weighted by Crippen LogP contribution is -2.11. The third-order valence-corrected chi connectivity index (χ3v) is 10.4. The van der Waals surface area contributed by atoms with E-state index in [1.807, 2.05) is 31.2 Å². The molecule has 63 heavy (non-hydrogen) atoms. The van der Waals surface area contributed by atoms with Crippen molar-refractivity contribution >= 4 is 45.4 Å². The molecule has 1 saturated heterocycles. The molecule has 1 unspecified atom stereocenters. The molecule has 0 amide bonds. The molecular formula is C52H50O11. The minimum atomic E-state index is -0.538.